The minimum Gasteiger partial charge on any atom is -0.456 e. The first kappa shape index (κ1) is 15.0. The first-order chi connectivity index (χ1) is 12.8. The van der Waals surface area contributed by atoms with E-state index in [4.69, 9.17) is 16.0 Å². The Kier molecular flexibility index (Phi) is 3.40. The van der Waals surface area contributed by atoms with Gasteiger partial charge in [0.15, 0.2) is 11.6 Å². The van der Waals surface area contributed by atoms with Gasteiger partial charge in [0.1, 0.15) is 11.2 Å². The van der Waals surface area contributed by atoms with Crippen LogP contribution in [0, 0.1) is 0 Å². The Balaban J connectivity index is 1.67. The minimum atomic E-state index is 0.155. The molecular formula is C20H11ClN4O. The van der Waals surface area contributed by atoms with Crippen LogP contribution in [0.5, 0.6) is 0 Å². The molecule has 0 atom stereocenters. The third kappa shape index (κ3) is 2.50. The predicted molar refractivity (Wildman–Crippen MR) is 101 cm³/mol. The highest BCUT2D eigenvalue weighted by Gasteiger charge is 2.12. The second kappa shape index (κ2) is 5.89. The summed E-state index contributed by atoms with van der Waals surface area (Å²) in [6, 6.07) is 17.4. The van der Waals surface area contributed by atoms with Crippen molar-refractivity contribution in [3.05, 3.63) is 72.3 Å². The first-order valence-corrected chi connectivity index (χ1v) is 8.39. The lowest BCUT2D eigenvalue weighted by Gasteiger charge is -2.04. The Morgan fingerprint density at radius 2 is 1.54 bits per heavy atom. The molecule has 0 aliphatic heterocycles. The van der Waals surface area contributed by atoms with Gasteiger partial charge >= 0.3 is 0 Å². The summed E-state index contributed by atoms with van der Waals surface area (Å²) in [5, 5.41) is 2.13. The van der Waals surface area contributed by atoms with Crippen LogP contribution < -0.4 is 0 Å². The second-order valence-electron chi connectivity index (χ2n) is 5.80. The molecule has 5 aromatic rings. The van der Waals surface area contributed by atoms with Gasteiger partial charge in [-0.2, -0.15) is 9.97 Å². The van der Waals surface area contributed by atoms with Crippen molar-refractivity contribution in [1.29, 1.82) is 0 Å². The van der Waals surface area contributed by atoms with Crippen LogP contribution in [0.2, 0.25) is 5.28 Å². The van der Waals surface area contributed by atoms with Gasteiger partial charge in [-0.25, -0.2) is 4.98 Å². The Morgan fingerprint density at radius 1 is 0.731 bits per heavy atom. The largest absolute Gasteiger partial charge is 0.456 e. The van der Waals surface area contributed by atoms with Gasteiger partial charge in [-0.1, -0.05) is 36.4 Å². The van der Waals surface area contributed by atoms with Crippen LogP contribution in [0.4, 0.5) is 0 Å². The molecule has 2 aromatic carbocycles. The second-order valence-corrected chi connectivity index (χ2v) is 6.14. The average molecular weight is 359 g/mol. The summed E-state index contributed by atoms with van der Waals surface area (Å²) in [5.41, 5.74) is 3.24. The van der Waals surface area contributed by atoms with Crippen molar-refractivity contribution < 1.29 is 4.42 Å². The maximum absolute atomic E-state index is 6.14. The number of rotatable bonds is 2. The molecule has 0 unspecified atom stereocenters. The molecule has 0 saturated carbocycles. The molecule has 3 heterocycles. The SMILES string of the molecule is Clc1nc(-c2ccccc2)nc(-c2ccc3c(c2)oc2ccncc23)n1. The maximum Gasteiger partial charge on any atom is 0.226 e. The molecule has 0 fully saturated rings. The highest BCUT2D eigenvalue weighted by Crippen LogP contribution is 2.31. The first-order valence-electron chi connectivity index (χ1n) is 8.01. The molecule has 0 radical (unpaired) electrons. The minimum absolute atomic E-state index is 0.155. The van der Waals surface area contributed by atoms with Gasteiger partial charge in [-0.3, -0.25) is 4.98 Å². The van der Waals surface area contributed by atoms with Crippen molar-refractivity contribution >= 4 is 33.5 Å². The number of fused-ring (bicyclic) bond motifs is 3. The molecule has 6 heteroatoms. The standard InChI is InChI=1S/C20H11ClN4O/c21-20-24-18(12-4-2-1-3-5-12)23-19(25-20)13-6-7-14-15-11-22-9-8-16(15)26-17(14)10-13/h1-11H. The van der Waals surface area contributed by atoms with Crippen molar-refractivity contribution in [2.45, 2.75) is 0 Å². The van der Waals surface area contributed by atoms with Crippen LogP contribution in [-0.2, 0) is 0 Å². The van der Waals surface area contributed by atoms with E-state index in [-0.39, 0.29) is 5.28 Å². The fourth-order valence-corrected chi connectivity index (χ4v) is 3.12. The molecule has 0 N–H and O–H groups in total. The van der Waals surface area contributed by atoms with E-state index in [0.29, 0.717) is 11.6 Å². The number of pyridine rings is 1. The van der Waals surface area contributed by atoms with Gasteiger partial charge in [-0.15, -0.1) is 0 Å². The zero-order chi connectivity index (χ0) is 17.5. The van der Waals surface area contributed by atoms with E-state index in [0.717, 1.165) is 33.1 Å². The quantitative estimate of drug-likeness (QED) is 0.436. The summed E-state index contributed by atoms with van der Waals surface area (Å²) in [5.74, 6) is 1.04. The molecule has 0 amide bonds. The highest BCUT2D eigenvalue weighted by molar-refractivity contribution is 6.28. The monoisotopic (exact) mass is 358 g/mol. The topological polar surface area (TPSA) is 64.7 Å². The fraction of sp³-hybridized carbons (Fsp3) is 0. The third-order valence-electron chi connectivity index (χ3n) is 4.17. The van der Waals surface area contributed by atoms with E-state index in [1.165, 1.54) is 0 Å². The zero-order valence-corrected chi connectivity index (χ0v) is 14.2. The Morgan fingerprint density at radius 3 is 2.38 bits per heavy atom. The van der Waals surface area contributed by atoms with Crippen molar-refractivity contribution in [1.82, 2.24) is 19.9 Å². The van der Waals surface area contributed by atoms with Crippen LogP contribution in [0.15, 0.2) is 71.4 Å². The Hall–Kier alpha value is -3.31. The summed E-state index contributed by atoms with van der Waals surface area (Å²) in [6.07, 6.45) is 3.51. The Labute approximate surface area is 153 Å². The Bertz CT molecular complexity index is 1250. The number of halogens is 1. The number of hydrogen-bond acceptors (Lipinski definition) is 5. The molecule has 26 heavy (non-hydrogen) atoms. The van der Waals surface area contributed by atoms with E-state index in [2.05, 4.69) is 19.9 Å². The lowest BCUT2D eigenvalue weighted by molar-refractivity contribution is 0.668. The summed E-state index contributed by atoms with van der Waals surface area (Å²) in [6.45, 7) is 0. The molecule has 0 saturated heterocycles. The molecule has 0 aliphatic rings. The fourth-order valence-electron chi connectivity index (χ4n) is 2.96. The highest BCUT2D eigenvalue weighted by atomic mass is 35.5. The van der Waals surface area contributed by atoms with E-state index >= 15 is 0 Å². The van der Waals surface area contributed by atoms with Crippen LogP contribution in [-0.4, -0.2) is 19.9 Å². The van der Waals surface area contributed by atoms with Crippen LogP contribution in [0.1, 0.15) is 0 Å². The number of hydrogen-bond donors (Lipinski definition) is 0. The van der Waals surface area contributed by atoms with E-state index < -0.39 is 0 Å². The molecule has 5 nitrogen and oxygen atoms in total. The van der Waals surface area contributed by atoms with Crippen molar-refractivity contribution in [2.75, 3.05) is 0 Å². The normalized spacial score (nSPS) is 11.3. The zero-order valence-electron chi connectivity index (χ0n) is 13.4. The van der Waals surface area contributed by atoms with Crippen LogP contribution >= 0.6 is 11.6 Å². The van der Waals surface area contributed by atoms with Crippen LogP contribution in [0.3, 0.4) is 0 Å². The number of nitrogens with zero attached hydrogens (tertiary/aromatic N) is 4. The summed E-state index contributed by atoms with van der Waals surface area (Å²) >= 11 is 6.14. The average Bonchev–Trinajstić information content (AvgIpc) is 3.06. The number of furan rings is 1. The molecule has 124 valence electrons. The lowest BCUT2D eigenvalue weighted by atomic mass is 10.1. The van der Waals surface area contributed by atoms with Gasteiger partial charge in [0.25, 0.3) is 0 Å². The molecular weight excluding hydrogens is 348 g/mol. The van der Waals surface area contributed by atoms with Gasteiger partial charge in [0.05, 0.1) is 0 Å². The summed E-state index contributed by atoms with van der Waals surface area (Å²) in [4.78, 5) is 17.3. The van der Waals surface area contributed by atoms with Crippen molar-refractivity contribution in [3.8, 4) is 22.8 Å². The van der Waals surface area contributed by atoms with E-state index in [1.54, 1.807) is 12.4 Å². The van der Waals surface area contributed by atoms with Crippen molar-refractivity contribution in [2.24, 2.45) is 0 Å². The maximum atomic E-state index is 6.14. The van der Waals surface area contributed by atoms with Gasteiger partial charge in [0.2, 0.25) is 5.28 Å². The predicted octanol–water partition coefficient (Wildman–Crippen LogP) is 5.15. The number of aromatic nitrogens is 4. The third-order valence-corrected chi connectivity index (χ3v) is 4.34. The van der Waals surface area contributed by atoms with Gasteiger partial charge < -0.3 is 4.42 Å². The molecule has 0 aliphatic carbocycles. The van der Waals surface area contributed by atoms with Gasteiger partial charge in [-0.05, 0) is 29.8 Å². The summed E-state index contributed by atoms with van der Waals surface area (Å²) < 4.78 is 5.92. The van der Waals surface area contributed by atoms with Crippen LogP contribution in [0.25, 0.3) is 44.7 Å². The summed E-state index contributed by atoms with van der Waals surface area (Å²) in [7, 11) is 0. The molecule has 5 rings (SSSR count). The van der Waals surface area contributed by atoms with E-state index in [9.17, 15) is 0 Å². The lowest BCUT2D eigenvalue weighted by Crippen LogP contribution is -1.97. The van der Waals surface area contributed by atoms with Crippen molar-refractivity contribution in [3.63, 3.8) is 0 Å². The number of benzene rings is 2. The smallest absolute Gasteiger partial charge is 0.226 e. The van der Waals surface area contributed by atoms with E-state index in [1.807, 2.05) is 54.6 Å². The molecule has 3 aromatic heterocycles. The molecule has 0 bridgehead atoms. The molecule has 0 spiro atoms. The van der Waals surface area contributed by atoms with Gasteiger partial charge in [0, 0.05) is 34.3 Å².